The minimum Gasteiger partial charge on any atom is -0.484 e. The summed E-state index contributed by atoms with van der Waals surface area (Å²) in [6.07, 6.45) is 0. The van der Waals surface area contributed by atoms with Crippen molar-refractivity contribution in [3.63, 3.8) is 0 Å². The molecule has 6 nitrogen and oxygen atoms in total. The van der Waals surface area contributed by atoms with E-state index < -0.39 is 0 Å². The zero-order valence-corrected chi connectivity index (χ0v) is 17.1. The molecule has 2 rings (SSSR count). The van der Waals surface area contributed by atoms with Crippen LogP contribution in [0.2, 0.25) is 0 Å². The molecule has 0 aliphatic carbocycles. The van der Waals surface area contributed by atoms with Gasteiger partial charge in [0, 0.05) is 6.04 Å². The Bertz CT molecular complexity index is 832. The second-order valence-electron chi connectivity index (χ2n) is 7.31. The number of carbonyl (C=O) groups is 2. The van der Waals surface area contributed by atoms with Crippen LogP contribution in [0.15, 0.2) is 42.5 Å². The summed E-state index contributed by atoms with van der Waals surface area (Å²) in [7, 11) is 0. The van der Waals surface area contributed by atoms with E-state index in [0.29, 0.717) is 23.0 Å². The molecule has 0 aliphatic rings. The number of rotatable bonds is 7. The molecule has 0 aromatic heterocycles. The fourth-order valence-corrected chi connectivity index (χ4v) is 2.84. The molecule has 0 saturated carbocycles. The second kappa shape index (κ2) is 9.78. The summed E-state index contributed by atoms with van der Waals surface area (Å²) in [6.45, 7) is 9.95. The highest BCUT2D eigenvalue weighted by Crippen LogP contribution is 2.24. The third kappa shape index (κ3) is 6.30. The van der Waals surface area contributed by atoms with Crippen molar-refractivity contribution in [3.05, 3.63) is 53.6 Å². The predicted octanol–water partition coefficient (Wildman–Crippen LogP) is 4.67. The van der Waals surface area contributed by atoms with Crippen LogP contribution in [0.4, 0.5) is 16.2 Å². The van der Waals surface area contributed by atoms with Gasteiger partial charge >= 0.3 is 6.03 Å². The van der Waals surface area contributed by atoms with Gasteiger partial charge in [-0.05, 0) is 62.1 Å². The van der Waals surface area contributed by atoms with Crippen LogP contribution in [0.3, 0.4) is 0 Å². The number of hydrogen-bond donors (Lipinski definition) is 3. The number of amides is 3. The summed E-state index contributed by atoms with van der Waals surface area (Å²) in [4.78, 5) is 24.2. The summed E-state index contributed by atoms with van der Waals surface area (Å²) in [5, 5.41) is 8.27. The number of urea groups is 1. The number of para-hydroxylation sites is 2. The first-order valence-electron chi connectivity index (χ1n) is 9.46. The van der Waals surface area contributed by atoms with Crippen LogP contribution >= 0.6 is 0 Å². The number of anilines is 2. The van der Waals surface area contributed by atoms with Crippen molar-refractivity contribution in [1.82, 2.24) is 5.32 Å². The molecule has 0 spiro atoms. The molecule has 0 heterocycles. The number of nitrogens with one attached hydrogen (secondary N) is 3. The maximum atomic E-state index is 12.3. The molecule has 0 fully saturated rings. The van der Waals surface area contributed by atoms with Crippen molar-refractivity contribution in [2.45, 2.75) is 46.6 Å². The van der Waals surface area contributed by atoms with Crippen LogP contribution in [0.25, 0.3) is 0 Å². The van der Waals surface area contributed by atoms with Gasteiger partial charge in [0.2, 0.25) is 0 Å². The Labute approximate surface area is 166 Å². The Balaban J connectivity index is 1.96. The molecular weight excluding hydrogens is 354 g/mol. The Kier molecular flexibility index (Phi) is 7.44. The first kappa shape index (κ1) is 21.3. The number of aryl methyl sites for hydroxylation is 1. The van der Waals surface area contributed by atoms with Crippen molar-refractivity contribution in [1.29, 1.82) is 0 Å². The van der Waals surface area contributed by atoms with Crippen LogP contribution in [0, 0.1) is 6.92 Å². The first-order chi connectivity index (χ1) is 13.3. The van der Waals surface area contributed by atoms with Gasteiger partial charge in [0.15, 0.2) is 6.61 Å². The average molecular weight is 383 g/mol. The van der Waals surface area contributed by atoms with Crippen molar-refractivity contribution >= 4 is 23.3 Å². The van der Waals surface area contributed by atoms with Crippen LogP contribution in [-0.4, -0.2) is 24.6 Å². The van der Waals surface area contributed by atoms with Crippen molar-refractivity contribution in [2.24, 2.45) is 0 Å². The maximum Gasteiger partial charge on any atom is 0.319 e. The maximum absolute atomic E-state index is 12.3. The summed E-state index contributed by atoms with van der Waals surface area (Å²) in [5.74, 6) is 0.790. The van der Waals surface area contributed by atoms with E-state index in [1.54, 1.807) is 24.3 Å². The van der Waals surface area contributed by atoms with Crippen molar-refractivity contribution in [3.8, 4) is 5.75 Å². The molecule has 0 atom stereocenters. The van der Waals surface area contributed by atoms with Crippen LogP contribution < -0.4 is 20.7 Å². The lowest BCUT2D eigenvalue weighted by molar-refractivity contribution is -0.118. The number of carbonyl (C=O) groups excluding carboxylic acids is 2. The van der Waals surface area contributed by atoms with E-state index in [4.69, 9.17) is 4.74 Å². The summed E-state index contributed by atoms with van der Waals surface area (Å²) in [6, 6.07) is 12.6. The van der Waals surface area contributed by atoms with Crippen molar-refractivity contribution in [2.75, 3.05) is 17.2 Å². The smallest absolute Gasteiger partial charge is 0.319 e. The van der Waals surface area contributed by atoms with Crippen LogP contribution in [-0.2, 0) is 4.79 Å². The molecule has 6 heteroatoms. The Morgan fingerprint density at radius 3 is 2.18 bits per heavy atom. The highest BCUT2D eigenvalue weighted by atomic mass is 16.5. The third-order valence-electron chi connectivity index (χ3n) is 4.10. The second-order valence-corrected chi connectivity index (χ2v) is 7.31. The lowest BCUT2D eigenvalue weighted by Gasteiger charge is -2.15. The summed E-state index contributed by atoms with van der Waals surface area (Å²) < 4.78 is 5.62. The Morgan fingerprint density at radius 2 is 1.61 bits per heavy atom. The standard InChI is InChI=1S/C22H29N3O3/c1-14(2)18-11-10-17(12-16(18)5)28-13-21(26)24-19-8-6-7-9-20(19)25-22(27)23-15(3)4/h6-12,14-15H,13H2,1-5H3,(H,24,26)(H2,23,25,27). The number of hydrogen-bond acceptors (Lipinski definition) is 3. The molecule has 2 aromatic rings. The lowest BCUT2D eigenvalue weighted by atomic mass is 9.98. The van der Waals surface area contributed by atoms with E-state index in [-0.39, 0.29) is 24.6 Å². The normalized spacial score (nSPS) is 10.7. The largest absolute Gasteiger partial charge is 0.484 e. The number of benzene rings is 2. The summed E-state index contributed by atoms with van der Waals surface area (Å²) >= 11 is 0. The fourth-order valence-electron chi connectivity index (χ4n) is 2.84. The molecule has 0 unspecified atom stereocenters. The number of ether oxygens (including phenoxy) is 1. The molecule has 2 aromatic carbocycles. The van der Waals surface area contributed by atoms with Crippen molar-refractivity contribution < 1.29 is 14.3 Å². The predicted molar refractivity (Wildman–Crippen MR) is 113 cm³/mol. The molecule has 0 radical (unpaired) electrons. The third-order valence-corrected chi connectivity index (χ3v) is 4.10. The molecule has 3 amide bonds. The van der Waals surface area contributed by atoms with Gasteiger partial charge in [0.25, 0.3) is 5.91 Å². The summed E-state index contributed by atoms with van der Waals surface area (Å²) in [5.41, 5.74) is 3.43. The van der Waals surface area contributed by atoms with E-state index in [0.717, 1.165) is 5.56 Å². The topological polar surface area (TPSA) is 79.5 Å². The molecule has 150 valence electrons. The zero-order chi connectivity index (χ0) is 20.7. The minimum absolute atomic E-state index is 0.0145. The van der Waals surface area contributed by atoms with Crippen LogP contribution in [0.5, 0.6) is 5.75 Å². The van der Waals surface area contributed by atoms with Gasteiger partial charge in [0.05, 0.1) is 11.4 Å². The van der Waals surface area contributed by atoms with Gasteiger partial charge in [-0.1, -0.05) is 32.0 Å². The highest BCUT2D eigenvalue weighted by molar-refractivity contribution is 5.99. The minimum atomic E-state index is -0.325. The zero-order valence-electron chi connectivity index (χ0n) is 17.1. The van der Waals surface area contributed by atoms with E-state index in [9.17, 15) is 9.59 Å². The quantitative estimate of drug-likeness (QED) is 0.650. The van der Waals surface area contributed by atoms with Gasteiger partial charge in [-0.15, -0.1) is 0 Å². The molecule has 0 saturated heterocycles. The SMILES string of the molecule is Cc1cc(OCC(=O)Nc2ccccc2NC(=O)NC(C)C)ccc1C(C)C. The molecule has 3 N–H and O–H groups in total. The molecular formula is C22H29N3O3. The Morgan fingerprint density at radius 1 is 0.964 bits per heavy atom. The van der Waals surface area contributed by atoms with Gasteiger partial charge in [0.1, 0.15) is 5.75 Å². The molecule has 28 heavy (non-hydrogen) atoms. The molecule has 0 aliphatic heterocycles. The monoisotopic (exact) mass is 383 g/mol. The first-order valence-corrected chi connectivity index (χ1v) is 9.46. The van der Waals surface area contributed by atoms with Gasteiger partial charge < -0.3 is 20.7 Å². The van der Waals surface area contributed by atoms with E-state index in [1.807, 2.05) is 39.0 Å². The van der Waals surface area contributed by atoms with E-state index in [2.05, 4.69) is 29.8 Å². The molecule has 0 bridgehead atoms. The highest BCUT2D eigenvalue weighted by Gasteiger charge is 2.11. The van der Waals surface area contributed by atoms with Gasteiger partial charge in [-0.25, -0.2) is 4.79 Å². The van der Waals surface area contributed by atoms with E-state index in [1.165, 1.54) is 5.56 Å². The fraction of sp³-hybridized carbons (Fsp3) is 0.364. The van der Waals surface area contributed by atoms with Crippen LogP contribution in [0.1, 0.15) is 44.7 Å². The van der Waals surface area contributed by atoms with Gasteiger partial charge in [-0.2, -0.15) is 0 Å². The lowest BCUT2D eigenvalue weighted by Crippen LogP contribution is -2.34. The van der Waals surface area contributed by atoms with Gasteiger partial charge in [-0.3, -0.25) is 4.79 Å². The Hall–Kier alpha value is -3.02. The average Bonchev–Trinajstić information content (AvgIpc) is 2.60. The van der Waals surface area contributed by atoms with E-state index >= 15 is 0 Å².